The molecule has 2 aliphatic carbocycles. The lowest BCUT2D eigenvalue weighted by Crippen LogP contribution is -2.33. The molecule has 1 aliphatic heterocycles. The minimum Gasteiger partial charge on any atom is -0.465 e. The number of hydrogen-bond acceptors (Lipinski definition) is 5. The average molecular weight is 373 g/mol. The number of thiazole rings is 1. The number of thioether (sulfide) groups is 1. The Bertz CT molecular complexity index is 885. The van der Waals surface area contributed by atoms with Crippen molar-refractivity contribution in [1.29, 1.82) is 0 Å². The van der Waals surface area contributed by atoms with Gasteiger partial charge in [0.1, 0.15) is 0 Å². The SMILES string of the molecule is COC(=O)c1ccc([C@H]2c3sc(=O)[nH]c3S[C@@H]3[C@@H]4CC[C@@H](C4)[C@H]23)cc1. The number of H-pyrrole nitrogens is 1. The van der Waals surface area contributed by atoms with E-state index in [9.17, 15) is 9.59 Å². The topological polar surface area (TPSA) is 59.2 Å². The van der Waals surface area contributed by atoms with Crippen LogP contribution in [0, 0.1) is 17.8 Å². The molecular formula is C19H19NO3S2. The van der Waals surface area contributed by atoms with Crippen LogP contribution in [0.3, 0.4) is 0 Å². The number of ether oxygens (including phenoxy) is 1. The van der Waals surface area contributed by atoms with Gasteiger partial charge in [-0.3, -0.25) is 4.79 Å². The molecule has 2 saturated carbocycles. The van der Waals surface area contributed by atoms with Gasteiger partial charge in [0.05, 0.1) is 17.7 Å². The van der Waals surface area contributed by atoms with E-state index >= 15 is 0 Å². The van der Waals surface area contributed by atoms with E-state index in [0.717, 1.165) is 16.9 Å². The Labute approximate surface area is 154 Å². The van der Waals surface area contributed by atoms with Crippen molar-refractivity contribution in [2.45, 2.75) is 35.5 Å². The third-order valence-electron chi connectivity index (χ3n) is 6.16. The van der Waals surface area contributed by atoms with Crippen LogP contribution in [0.25, 0.3) is 0 Å². The zero-order valence-electron chi connectivity index (χ0n) is 13.9. The van der Waals surface area contributed by atoms with E-state index in [1.54, 1.807) is 0 Å². The summed E-state index contributed by atoms with van der Waals surface area (Å²) < 4.78 is 4.80. The lowest BCUT2D eigenvalue weighted by atomic mass is 9.75. The normalized spacial score (nSPS) is 32.3. The maximum Gasteiger partial charge on any atom is 0.337 e. The van der Waals surface area contributed by atoms with Gasteiger partial charge in [-0.1, -0.05) is 23.5 Å². The van der Waals surface area contributed by atoms with Crippen LogP contribution in [-0.2, 0) is 4.74 Å². The van der Waals surface area contributed by atoms with Crippen molar-refractivity contribution in [2.24, 2.45) is 17.8 Å². The quantitative estimate of drug-likeness (QED) is 0.812. The van der Waals surface area contributed by atoms with Gasteiger partial charge in [0, 0.05) is 16.0 Å². The van der Waals surface area contributed by atoms with Crippen LogP contribution in [-0.4, -0.2) is 23.3 Å². The summed E-state index contributed by atoms with van der Waals surface area (Å²) in [6.45, 7) is 0. The first kappa shape index (κ1) is 15.7. The zero-order valence-corrected chi connectivity index (χ0v) is 15.5. The highest BCUT2D eigenvalue weighted by molar-refractivity contribution is 8.00. The second-order valence-electron chi connectivity index (χ2n) is 7.29. The minimum atomic E-state index is -0.310. The molecule has 3 aliphatic rings. The first-order valence-electron chi connectivity index (χ1n) is 8.73. The van der Waals surface area contributed by atoms with Gasteiger partial charge in [0.2, 0.25) is 0 Å². The molecule has 2 aromatic rings. The molecule has 2 heterocycles. The fraction of sp³-hybridized carbons (Fsp3) is 0.474. The van der Waals surface area contributed by atoms with Crippen molar-refractivity contribution in [1.82, 2.24) is 4.98 Å². The molecule has 0 unspecified atom stereocenters. The molecule has 1 aromatic heterocycles. The second kappa shape index (κ2) is 5.74. The summed E-state index contributed by atoms with van der Waals surface area (Å²) in [4.78, 5) is 28.0. The number of carbonyl (C=O) groups excluding carboxylic acids is 1. The number of esters is 1. The lowest BCUT2D eigenvalue weighted by Gasteiger charge is -2.40. The van der Waals surface area contributed by atoms with E-state index in [1.807, 2.05) is 36.0 Å². The fourth-order valence-electron chi connectivity index (χ4n) is 5.17. The smallest absolute Gasteiger partial charge is 0.337 e. The van der Waals surface area contributed by atoms with Crippen LogP contribution in [0.2, 0.25) is 0 Å². The Hall–Kier alpha value is -1.53. The number of aromatic amines is 1. The van der Waals surface area contributed by atoms with Crippen molar-refractivity contribution in [3.05, 3.63) is 49.9 Å². The molecule has 1 aromatic carbocycles. The molecule has 25 heavy (non-hydrogen) atoms. The molecule has 4 nitrogen and oxygen atoms in total. The molecule has 0 saturated heterocycles. The lowest BCUT2D eigenvalue weighted by molar-refractivity contribution is 0.0600. The molecule has 130 valence electrons. The summed E-state index contributed by atoms with van der Waals surface area (Å²) in [5.41, 5.74) is 1.79. The van der Waals surface area contributed by atoms with Crippen molar-refractivity contribution in [3.63, 3.8) is 0 Å². The van der Waals surface area contributed by atoms with Crippen LogP contribution in [0.4, 0.5) is 0 Å². The van der Waals surface area contributed by atoms with Crippen LogP contribution in [0.1, 0.15) is 46.0 Å². The summed E-state index contributed by atoms with van der Waals surface area (Å²) >= 11 is 3.26. The van der Waals surface area contributed by atoms with Crippen LogP contribution in [0.5, 0.6) is 0 Å². The molecule has 6 heteroatoms. The molecule has 2 fully saturated rings. The molecule has 0 radical (unpaired) electrons. The molecule has 0 amide bonds. The maximum absolute atomic E-state index is 12.0. The number of hydrogen-bond donors (Lipinski definition) is 1. The van der Waals surface area contributed by atoms with Gasteiger partial charge < -0.3 is 9.72 Å². The van der Waals surface area contributed by atoms with E-state index in [4.69, 9.17) is 4.74 Å². The third kappa shape index (κ3) is 2.34. The summed E-state index contributed by atoms with van der Waals surface area (Å²) in [5, 5.41) is 1.69. The van der Waals surface area contributed by atoms with E-state index in [0.29, 0.717) is 16.7 Å². The first-order valence-corrected chi connectivity index (χ1v) is 10.4. The third-order valence-corrected chi connectivity index (χ3v) is 8.78. The Morgan fingerprint density at radius 2 is 1.96 bits per heavy atom. The van der Waals surface area contributed by atoms with E-state index in [-0.39, 0.29) is 16.8 Å². The first-order chi connectivity index (χ1) is 12.2. The summed E-state index contributed by atoms with van der Waals surface area (Å²) in [6.07, 6.45) is 3.98. The van der Waals surface area contributed by atoms with Gasteiger partial charge in [-0.15, -0.1) is 11.8 Å². The van der Waals surface area contributed by atoms with Crippen molar-refractivity contribution >= 4 is 29.1 Å². The molecule has 5 atom stereocenters. The van der Waals surface area contributed by atoms with E-state index < -0.39 is 0 Å². The molecule has 5 rings (SSSR count). The number of benzene rings is 1. The predicted octanol–water partition coefficient (Wildman–Crippen LogP) is 3.88. The Morgan fingerprint density at radius 1 is 1.20 bits per heavy atom. The highest BCUT2D eigenvalue weighted by Gasteiger charge is 2.54. The van der Waals surface area contributed by atoms with Crippen LogP contribution >= 0.6 is 23.1 Å². The van der Waals surface area contributed by atoms with Gasteiger partial charge in [0.15, 0.2) is 0 Å². The number of carbonyl (C=O) groups is 1. The maximum atomic E-state index is 12.0. The van der Waals surface area contributed by atoms with Gasteiger partial charge in [-0.2, -0.15) is 0 Å². The minimum absolute atomic E-state index is 0.0426. The van der Waals surface area contributed by atoms with E-state index in [2.05, 4.69) is 4.98 Å². The van der Waals surface area contributed by atoms with Crippen LogP contribution < -0.4 is 4.87 Å². The predicted molar refractivity (Wildman–Crippen MR) is 98.5 cm³/mol. The highest BCUT2D eigenvalue weighted by Crippen LogP contribution is 2.63. The number of rotatable bonds is 2. The monoisotopic (exact) mass is 373 g/mol. The van der Waals surface area contributed by atoms with Crippen molar-refractivity contribution < 1.29 is 9.53 Å². The molecule has 0 spiro atoms. The Balaban J connectivity index is 1.60. The summed E-state index contributed by atoms with van der Waals surface area (Å²) in [6, 6.07) is 7.79. The van der Waals surface area contributed by atoms with Crippen LogP contribution in [0.15, 0.2) is 34.1 Å². The Morgan fingerprint density at radius 3 is 2.72 bits per heavy atom. The van der Waals surface area contributed by atoms with Gasteiger partial charge >= 0.3 is 10.8 Å². The molecular weight excluding hydrogens is 354 g/mol. The van der Waals surface area contributed by atoms with Crippen molar-refractivity contribution in [2.75, 3.05) is 7.11 Å². The average Bonchev–Trinajstić information content (AvgIpc) is 3.33. The summed E-state index contributed by atoms with van der Waals surface area (Å²) in [5.74, 6) is 2.11. The van der Waals surface area contributed by atoms with Gasteiger partial charge in [0.25, 0.3) is 0 Å². The zero-order chi connectivity index (χ0) is 17.1. The van der Waals surface area contributed by atoms with Crippen molar-refractivity contribution in [3.8, 4) is 0 Å². The Kier molecular flexibility index (Phi) is 3.61. The number of methoxy groups -OCH3 is 1. The summed E-state index contributed by atoms with van der Waals surface area (Å²) in [7, 11) is 1.40. The fourth-order valence-corrected chi connectivity index (χ4v) is 8.06. The second-order valence-corrected chi connectivity index (χ2v) is 9.50. The largest absolute Gasteiger partial charge is 0.465 e. The number of fused-ring (bicyclic) bond motifs is 6. The number of aromatic nitrogens is 1. The highest BCUT2D eigenvalue weighted by atomic mass is 32.2. The van der Waals surface area contributed by atoms with E-state index in [1.165, 1.54) is 48.1 Å². The molecule has 2 bridgehead atoms. The number of nitrogens with one attached hydrogen (secondary N) is 1. The van der Waals surface area contributed by atoms with Gasteiger partial charge in [-0.25, -0.2) is 4.79 Å². The van der Waals surface area contributed by atoms with Gasteiger partial charge in [-0.05, 0) is 54.7 Å². The standard InChI is InChI=1S/C19H19NO3S2/c1-23-18(21)10-4-2-9(3-5-10)13-14-11-6-7-12(8-11)15(14)24-17-16(13)25-19(22)20-17/h2-5,11-15H,6-8H2,1H3,(H,20,22)/t11-,12+,13+,14+,15+/m0/s1. The molecule has 1 N–H and O–H groups in total.